The lowest BCUT2D eigenvalue weighted by atomic mass is 10.1. The van der Waals surface area contributed by atoms with Gasteiger partial charge in [-0.05, 0) is 40.0 Å². The fraction of sp³-hybridized carbons (Fsp3) is 0.333. The zero-order valence-corrected chi connectivity index (χ0v) is 12.4. The van der Waals surface area contributed by atoms with E-state index in [-0.39, 0.29) is 12.0 Å². The molecule has 0 bridgehead atoms. The summed E-state index contributed by atoms with van der Waals surface area (Å²) in [5.74, 6) is 1.21. The van der Waals surface area contributed by atoms with Crippen molar-refractivity contribution in [3.8, 4) is 11.4 Å². The first-order valence-corrected chi connectivity index (χ1v) is 6.70. The maximum atomic E-state index is 5.96. The highest BCUT2D eigenvalue weighted by molar-refractivity contribution is 9.10. The monoisotopic (exact) mass is 329 g/mol. The second-order valence-electron chi connectivity index (χ2n) is 4.35. The van der Waals surface area contributed by atoms with Gasteiger partial charge in [0, 0.05) is 10.0 Å². The summed E-state index contributed by atoms with van der Waals surface area (Å²) in [7, 11) is 0. The molecule has 1 heterocycles. The molecule has 1 aromatic heterocycles. The van der Waals surface area contributed by atoms with Crippen molar-refractivity contribution in [2.75, 3.05) is 0 Å². The first-order chi connectivity index (χ1) is 8.49. The second kappa shape index (κ2) is 5.38. The van der Waals surface area contributed by atoms with Crippen molar-refractivity contribution in [2.24, 2.45) is 11.7 Å². The highest BCUT2D eigenvalue weighted by Gasteiger charge is 2.18. The standard InChI is InChI=1S/C12H13BrClN3O/c1-6(2)10(15)12-16-11(17-18-12)7-3-4-9(14)8(13)5-7/h3-6,10H,15H2,1-2H3/t10-/m0/s1. The van der Waals surface area contributed by atoms with Gasteiger partial charge in [0.15, 0.2) is 0 Å². The van der Waals surface area contributed by atoms with E-state index >= 15 is 0 Å². The number of benzene rings is 1. The Morgan fingerprint density at radius 1 is 1.39 bits per heavy atom. The maximum Gasteiger partial charge on any atom is 0.244 e. The van der Waals surface area contributed by atoms with Crippen LogP contribution in [0.5, 0.6) is 0 Å². The second-order valence-corrected chi connectivity index (χ2v) is 5.62. The molecule has 2 aromatic rings. The van der Waals surface area contributed by atoms with E-state index in [9.17, 15) is 0 Å². The molecule has 0 radical (unpaired) electrons. The minimum Gasteiger partial charge on any atom is -0.337 e. The van der Waals surface area contributed by atoms with Crippen LogP contribution >= 0.6 is 27.5 Å². The van der Waals surface area contributed by atoms with E-state index in [0.717, 1.165) is 10.0 Å². The van der Waals surface area contributed by atoms with Crippen molar-refractivity contribution >= 4 is 27.5 Å². The molecule has 0 fully saturated rings. The van der Waals surface area contributed by atoms with E-state index in [1.165, 1.54) is 0 Å². The lowest BCUT2D eigenvalue weighted by Gasteiger charge is -2.09. The van der Waals surface area contributed by atoms with Crippen LogP contribution < -0.4 is 5.73 Å². The Kier molecular flexibility index (Phi) is 4.04. The number of halogens is 2. The van der Waals surface area contributed by atoms with E-state index < -0.39 is 0 Å². The zero-order valence-electron chi connectivity index (χ0n) is 10.0. The molecule has 0 aliphatic heterocycles. The first-order valence-electron chi connectivity index (χ1n) is 5.53. The van der Waals surface area contributed by atoms with Crippen molar-refractivity contribution in [1.29, 1.82) is 0 Å². The van der Waals surface area contributed by atoms with Gasteiger partial charge in [-0.3, -0.25) is 0 Å². The van der Waals surface area contributed by atoms with Crippen molar-refractivity contribution in [2.45, 2.75) is 19.9 Å². The van der Waals surface area contributed by atoms with Crippen LogP contribution in [0.1, 0.15) is 25.8 Å². The third-order valence-corrected chi connectivity index (χ3v) is 3.84. The first kappa shape index (κ1) is 13.5. The Labute approximate surface area is 119 Å². The van der Waals surface area contributed by atoms with Crippen LogP contribution in [0.3, 0.4) is 0 Å². The molecular formula is C12H13BrClN3O. The number of nitrogens with zero attached hydrogens (tertiary/aromatic N) is 2. The predicted molar refractivity (Wildman–Crippen MR) is 74.2 cm³/mol. The Balaban J connectivity index is 2.32. The van der Waals surface area contributed by atoms with Crippen LogP contribution in [-0.4, -0.2) is 10.1 Å². The predicted octanol–water partition coefficient (Wildman–Crippen LogP) is 3.81. The molecule has 18 heavy (non-hydrogen) atoms. The maximum absolute atomic E-state index is 5.96. The fourth-order valence-corrected chi connectivity index (χ4v) is 1.90. The Morgan fingerprint density at radius 2 is 2.11 bits per heavy atom. The molecule has 1 atom stereocenters. The summed E-state index contributed by atoms with van der Waals surface area (Å²) in [6.07, 6.45) is 0. The average molecular weight is 331 g/mol. The fourth-order valence-electron chi connectivity index (χ4n) is 1.41. The summed E-state index contributed by atoms with van der Waals surface area (Å²) < 4.78 is 5.97. The van der Waals surface area contributed by atoms with Gasteiger partial charge in [-0.15, -0.1) is 0 Å². The molecule has 96 valence electrons. The summed E-state index contributed by atoms with van der Waals surface area (Å²) >= 11 is 9.29. The molecule has 4 nitrogen and oxygen atoms in total. The summed E-state index contributed by atoms with van der Waals surface area (Å²) in [5, 5.41) is 4.57. The molecule has 0 saturated carbocycles. The third-order valence-electron chi connectivity index (χ3n) is 2.62. The highest BCUT2D eigenvalue weighted by atomic mass is 79.9. The lowest BCUT2D eigenvalue weighted by Crippen LogP contribution is -2.16. The van der Waals surface area contributed by atoms with Gasteiger partial charge in [-0.2, -0.15) is 4.98 Å². The molecule has 0 aliphatic rings. The van der Waals surface area contributed by atoms with Gasteiger partial charge < -0.3 is 10.3 Å². The van der Waals surface area contributed by atoms with Crippen molar-refractivity contribution in [1.82, 2.24) is 10.1 Å². The van der Waals surface area contributed by atoms with Crippen molar-refractivity contribution in [3.63, 3.8) is 0 Å². The molecule has 2 rings (SSSR count). The molecule has 0 saturated heterocycles. The van der Waals surface area contributed by atoms with Gasteiger partial charge in [0.1, 0.15) is 0 Å². The molecule has 0 aliphatic carbocycles. The van der Waals surface area contributed by atoms with E-state index in [1.807, 2.05) is 26.0 Å². The zero-order chi connectivity index (χ0) is 13.3. The minimum atomic E-state index is -0.248. The minimum absolute atomic E-state index is 0.246. The largest absolute Gasteiger partial charge is 0.337 e. The summed E-state index contributed by atoms with van der Waals surface area (Å²) in [5.41, 5.74) is 6.79. The molecule has 0 unspecified atom stereocenters. The van der Waals surface area contributed by atoms with Crippen molar-refractivity contribution in [3.05, 3.63) is 33.6 Å². The van der Waals surface area contributed by atoms with Crippen LogP contribution in [0.2, 0.25) is 5.02 Å². The summed E-state index contributed by atoms with van der Waals surface area (Å²) in [4.78, 5) is 4.31. The highest BCUT2D eigenvalue weighted by Crippen LogP contribution is 2.28. The van der Waals surface area contributed by atoms with Crippen LogP contribution in [0.4, 0.5) is 0 Å². The number of rotatable bonds is 3. The van der Waals surface area contributed by atoms with Crippen LogP contribution in [0.15, 0.2) is 27.2 Å². The lowest BCUT2D eigenvalue weighted by molar-refractivity contribution is 0.325. The molecule has 2 N–H and O–H groups in total. The molecule has 1 aromatic carbocycles. The van der Waals surface area contributed by atoms with E-state index in [2.05, 4.69) is 26.1 Å². The van der Waals surface area contributed by atoms with E-state index in [0.29, 0.717) is 16.7 Å². The molecular weight excluding hydrogens is 318 g/mol. The Hall–Kier alpha value is -0.910. The van der Waals surface area contributed by atoms with Gasteiger partial charge >= 0.3 is 0 Å². The average Bonchev–Trinajstić information content (AvgIpc) is 2.81. The number of hydrogen-bond donors (Lipinski definition) is 1. The van der Waals surface area contributed by atoms with Gasteiger partial charge in [-0.25, -0.2) is 0 Å². The Bertz CT molecular complexity index is 556. The van der Waals surface area contributed by atoms with Crippen LogP contribution in [0, 0.1) is 5.92 Å². The summed E-state index contributed by atoms with van der Waals surface area (Å²) in [6.45, 7) is 4.01. The Morgan fingerprint density at radius 3 is 2.72 bits per heavy atom. The van der Waals surface area contributed by atoms with Gasteiger partial charge in [0.25, 0.3) is 0 Å². The van der Waals surface area contributed by atoms with Crippen LogP contribution in [-0.2, 0) is 0 Å². The number of nitrogens with two attached hydrogens (primary N) is 1. The van der Waals surface area contributed by atoms with E-state index in [4.69, 9.17) is 21.9 Å². The van der Waals surface area contributed by atoms with E-state index in [1.54, 1.807) is 6.07 Å². The van der Waals surface area contributed by atoms with Gasteiger partial charge in [0.2, 0.25) is 11.7 Å². The quantitative estimate of drug-likeness (QED) is 0.929. The van der Waals surface area contributed by atoms with Gasteiger partial charge in [0.05, 0.1) is 11.1 Å². The SMILES string of the molecule is CC(C)[C@H](N)c1nc(-c2ccc(Cl)c(Br)c2)no1. The molecule has 6 heteroatoms. The number of aromatic nitrogens is 2. The third kappa shape index (κ3) is 2.74. The normalized spacial score (nSPS) is 13.0. The topological polar surface area (TPSA) is 64.9 Å². The molecule has 0 amide bonds. The molecule has 0 spiro atoms. The summed E-state index contributed by atoms with van der Waals surface area (Å²) in [6, 6.07) is 5.21. The van der Waals surface area contributed by atoms with Crippen molar-refractivity contribution < 1.29 is 4.52 Å². The van der Waals surface area contributed by atoms with Gasteiger partial charge in [-0.1, -0.05) is 30.6 Å². The smallest absolute Gasteiger partial charge is 0.244 e. The number of hydrogen-bond acceptors (Lipinski definition) is 4. The van der Waals surface area contributed by atoms with Crippen LogP contribution in [0.25, 0.3) is 11.4 Å².